The van der Waals surface area contributed by atoms with Gasteiger partial charge in [0.2, 0.25) is 0 Å². The fraction of sp³-hybridized carbons (Fsp3) is 0.760. The summed E-state index contributed by atoms with van der Waals surface area (Å²) in [6, 6.07) is 6.22. The molecule has 0 nitrogen and oxygen atoms in total. The molecule has 1 aromatic carbocycles. The normalized spacial score (nSPS) is 20.7. The van der Waals surface area contributed by atoms with E-state index >= 15 is 0 Å². The van der Waals surface area contributed by atoms with Crippen LogP contribution in [-0.4, -0.2) is 59.5 Å². The van der Waals surface area contributed by atoms with Gasteiger partial charge >= 0.3 is 59.5 Å². The first-order chi connectivity index (χ1) is 20.3. The van der Waals surface area contributed by atoms with Crippen molar-refractivity contribution in [1.82, 2.24) is 0 Å². The van der Waals surface area contributed by atoms with Crippen LogP contribution in [0.15, 0.2) is 24.3 Å². The van der Waals surface area contributed by atoms with Crippen molar-refractivity contribution < 1.29 is 92.2 Å². The lowest BCUT2D eigenvalue weighted by Crippen LogP contribution is -2.77. The summed E-state index contributed by atoms with van der Waals surface area (Å²) in [5.41, 5.74) is 1.26. The molecule has 0 spiro atoms. The Hall–Kier alpha value is -2.25. The molecule has 1 aliphatic rings. The van der Waals surface area contributed by atoms with Crippen molar-refractivity contribution in [3.05, 3.63) is 35.4 Å². The van der Waals surface area contributed by atoms with Crippen LogP contribution in [0.25, 0.3) is 0 Å². The second kappa shape index (κ2) is 11.7. The van der Waals surface area contributed by atoms with E-state index in [1.165, 1.54) is 12.1 Å². The largest absolute Gasteiger partial charge is 0.460 e. The number of benzene rings is 1. The quantitative estimate of drug-likeness (QED) is 0.189. The van der Waals surface area contributed by atoms with Crippen LogP contribution in [0.1, 0.15) is 56.1 Å². The summed E-state index contributed by atoms with van der Waals surface area (Å²) >= 11 is 0. The van der Waals surface area contributed by atoms with Crippen LogP contribution in [0.5, 0.6) is 0 Å². The zero-order valence-corrected chi connectivity index (χ0v) is 22.6. The molecule has 0 atom stereocenters. The third-order valence-corrected chi connectivity index (χ3v) is 7.76. The molecular formula is C25H21F21. The number of aryl methyl sites for hydroxylation is 1. The van der Waals surface area contributed by atoms with Crippen LogP contribution in [0.2, 0.25) is 0 Å². The Balaban J connectivity index is 2.45. The molecule has 0 radical (unpaired) electrons. The van der Waals surface area contributed by atoms with E-state index in [1.54, 1.807) is 12.1 Å². The maximum atomic E-state index is 14.7. The minimum Gasteiger partial charge on any atom is -0.199 e. The molecule has 1 aliphatic carbocycles. The second-order valence-corrected chi connectivity index (χ2v) is 10.8. The van der Waals surface area contributed by atoms with Crippen LogP contribution >= 0.6 is 0 Å². The van der Waals surface area contributed by atoms with Gasteiger partial charge in [-0.05, 0) is 49.1 Å². The first-order valence-electron chi connectivity index (χ1n) is 12.8. The van der Waals surface area contributed by atoms with Gasteiger partial charge in [0, 0.05) is 5.92 Å². The lowest BCUT2D eigenvalue weighted by Gasteiger charge is -2.46. The molecule has 0 saturated heterocycles. The van der Waals surface area contributed by atoms with Crippen LogP contribution in [-0.2, 0) is 6.42 Å². The predicted octanol–water partition coefficient (Wildman–Crippen LogP) is 11.2. The van der Waals surface area contributed by atoms with E-state index < -0.39 is 97.0 Å². The fourth-order valence-corrected chi connectivity index (χ4v) is 4.86. The molecule has 0 bridgehead atoms. The van der Waals surface area contributed by atoms with Crippen molar-refractivity contribution in [2.75, 3.05) is 0 Å². The van der Waals surface area contributed by atoms with Crippen LogP contribution in [0, 0.1) is 5.92 Å². The molecule has 0 aliphatic heterocycles. The van der Waals surface area contributed by atoms with Gasteiger partial charge in [-0.15, -0.1) is 0 Å². The lowest BCUT2D eigenvalue weighted by atomic mass is 9.73. The minimum absolute atomic E-state index is 0.431. The number of rotatable bonds is 12. The number of alkyl halides is 21. The number of hydrogen-bond acceptors (Lipinski definition) is 0. The average molecular weight is 720 g/mol. The molecule has 0 N–H and O–H groups in total. The first-order valence-corrected chi connectivity index (χ1v) is 12.8. The molecule has 46 heavy (non-hydrogen) atoms. The van der Waals surface area contributed by atoms with Crippen molar-refractivity contribution in [3.63, 3.8) is 0 Å². The van der Waals surface area contributed by atoms with Crippen molar-refractivity contribution in [3.8, 4) is 0 Å². The van der Waals surface area contributed by atoms with E-state index in [0.717, 1.165) is 12.0 Å². The van der Waals surface area contributed by atoms with E-state index in [-0.39, 0.29) is 0 Å². The van der Waals surface area contributed by atoms with Crippen molar-refractivity contribution in [1.29, 1.82) is 0 Å². The Bertz CT molecular complexity index is 1190. The van der Waals surface area contributed by atoms with Gasteiger partial charge < -0.3 is 0 Å². The van der Waals surface area contributed by atoms with Crippen molar-refractivity contribution in [2.45, 2.75) is 111 Å². The Morgan fingerprint density at radius 3 is 1.11 bits per heavy atom. The van der Waals surface area contributed by atoms with Gasteiger partial charge in [0.25, 0.3) is 0 Å². The highest BCUT2D eigenvalue weighted by atomic mass is 19.4. The minimum atomic E-state index is -9.15. The van der Waals surface area contributed by atoms with Crippen molar-refractivity contribution >= 4 is 0 Å². The highest BCUT2D eigenvalue weighted by Gasteiger charge is 2.98. The third kappa shape index (κ3) is 5.55. The summed E-state index contributed by atoms with van der Waals surface area (Å²) in [6.45, 7) is 1.84. The smallest absolute Gasteiger partial charge is 0.199 e. The summed E-state index contributed by atoms with van der Waals surface area (Å²) in [5.74, 6) is -80.3. The zero-order valence-electron chi connectivity index (χ0n) is 22.6. The van der Waals surface area contributed by atoms with Gasteiger partial charge in [-0.25, -0.2) is 0 Å². The molecule has 0 unspecified atom stereocenters. The van der Waals surface area contributed by atoms with E-state index in [9.17, 15) is 92.2 Å². The molecule has 0 amide bonds. The summed E-state index contributed by atoms with van der Waals surface area (Å²) in [7, 11) is 0. The van der Waals surface area contributed by atoms with Crippen LogP contribution < -0.4 is 0 Å². The Morgan fingerprint density at radius 2 is 0.783 bits per heavy atom. The molecule has 0 aromatic heterocycles. The van der Waals surface area contributed by atoms with Crippen molar-refractivity contribution in [2.24, 2.45) is 5.92 Å². The Labute approximate surface area is 245 Å². The van der Waals surface area contributed by atoms with Gasteiger partial charge in [-0.3, -0.25) is 0 Å². The van der Waals surface area contributed by atoms with Gasteiger partial charge in [0.15, 0.2) is 0 Å². The summed E-state index contributed by atoms with van der Waals surface area (Å²) in [4.78, 5) is 0. The number of hydrogen-bond donors (Lipinski definition) is 0. The van der Waals surface area contributed by atoms with E-state index in [4.69, 9.17) is 0 Å². The highest BCUT2D eigenvalue weighted by Crippen LogP contribution is 2.67. The average Bonchev–Trinajstić information content (AvgIpc) is 2.92. The molecular weight excluding hydrogens is 699 g/mol. The molecule has 0 heterocycles. The molecule has 1 saturated carbocycles. The summed E-state index contributed by atoms with van der Waals surface area (Å²) < 4.78 is 287. The van der Waals surface area contributed by atoms with Gasteiger partial charge in [-0.1, -0.05) is 37.6 Å². The summed E-state index contributed by atoms with van der Waals surface area (Å²) in [5, 5.41) is 0. The Morgan fingerprint density at radius 1 is 0.457 bits per heavy atom. The van der Waals surface area contributed by atoms with E-state index in [1.807, 2.05) is 6.92 Å². The monoisotopic (exact) mass is 720 g/mol. The molecule has 21 heteroatoms. The standard InChI is InChI=1S/C25H21F21/c1-2-3-12-4-6-13(7-5-12)14-8-10-15(11-9-14)16(26,27)17(28,29)18(30,31)19(32,33)20(34,35)21(36,37)22(38,39)23(40,41)24(42,43)25(44,45)46/h4-7,14-15H,2-3,8-11H2,1H3/t14-,15-. The summed E-state index contributed by atoms with van der Waals surface area (Å²) in [6.07, 6.45) is -10.1. The van der Waals surface area contributed by atoms with Gasteiger partial charge in [0.1, 0.15) is 0 Å². The predicted molar refractivity (Wildman–Crippen MR) is 116 cm³/mol. The molecule has 1 aromatic rings. The lowest BCUT2D eigenvalue weighted by molar-refractivity contribution is -0.475. The fourth-order valence-electron chi connectivity index (χ4n) is 4.86. The maximum absolute atomic E-state index is 14.7. The van der Waals surface area contributed by atoms with Gasteiger partial charge in [-0.2, -0.15) is 92.2 Å². The number of halogens is 21. The third-order valence-electron chi connectivity index (χ3n) is 7.76. The van der Waals surface area contributed by atoms with E-state index in [2.05, 4.69) is 0 Å². The molecule has 2 rings (SSSR count). The van der Waals surface area contributed by atoms with Gasteiger partial charge in [0.05, 0.1) is 0 Å². The maximum Gasteiger partial charge on any atom is 0.460 e. The highest BCUT2D eigenvalue weighted by molar-refractivity contribution is 5.26. The van der Waals surface area contributed by atoms with Crippen LogP contribution in [0.4, 0.5) is 92.2 Å². The Kier molecular flexibility index (Phi) is 10.2. The molecule has 268 valence electrons. The van der Waals surface area contributed by atoms with Crippen LogP contribution in [0.3, 0.4) is 0 Å². The zero-order chi connectivity index (χ0) is 36.4. The van der Waals surface area contributed by atoms with E-state index in [0.29, 0.717) is 12.0 Å². The first kappa shape index (κ1) is 39.9. The second-order valence-electron chi connectivity index (χ2n) is 10.8. The SMILES string of the molecule is CCCc1ccc([C@H]2CC[C@H](C(F)(F)C(F)(F)C(F)(F)C(F)(F)C(F)(F)C(F)(F)C(F)(F)C(F)(F)C(F)(F)C(F)(F)F)CC2)cc1. The topological polar surface area (TPSA) is 0 Å². The molecule has 1 fully saturated rings.